The Bertz CT molecular complexity index is 781. The zero-order valence-electron chi connectivity index (χ0n) is 15.2. The lowest BCUT2D eigenvalue weighted by Crippen LogP contribution is -2.43. The molecule has 25 heavy (non-hydrogen) atoms. The highest BCUT2D eigenvalue weighted by Crippen LogP contribution is 2.34. The molecule has 1 heterocycles. The minimum atomic E-state index is 0.121. The molecular weight excluding hydrogens is 310 g/mol. The summed E-state index contributed by atoms with van der Waals surface area (Å²) in [5.74, 6) is 2.63. The number of ketones is 1. The van der Waals surface area contributed by atoms with Crippen molar-refractivity contribution in [1.29, 1.82) is 0 Å². The van der Waals surface area contributed by atoms with E-state index in [1.165, 1.54) is 19.4 Å². The van der Waals surface area contributed by atoms with Crippen molar-refractivity contribution in [3.8, 4) is 5.75 Å². The monoisotopic (exact) mass is 337 g/mol. The van der Waals surface area contributed by atoms with Crippen LogP contribution in [0.15, 0.2) is 36.4 Å². The smallest absolute Gasteiger partial charge is 0.167 e. The van der Waals surface area contributed by atoms with E-state index in [1.54, 1.807) is 7.11 Å². The quantitative estimate of drug-likeness (QED) is 0.758. The van der Waals surface area contributed by atoms with Gasteiger partial charge in [-0.25, -0.2) is 0 Å². The van der Waals surface area contributed by atoms with Crippen LogP contribution in [0.25, 0.3) is 10.8 Å². The normalized spacial score (nSPS) is 24.4. The standard InChI is InChI=1S/C22H27NO2/c1-15-10-11-23(13-16-6-7-16)14-20(15)22(24)18-8-9-19-17(12-18)4-3-5-21(19)25-2/h3-5,8-9,12,15-16,20H,6-7,10-11,13-14H2,1-2H3/t15-,20+/m1/s1. The molecule has 2 aromatic rings. The van der Waals surface area contributed by atoms with Crippen LogP contribution in [0.3, 0.4) is 0 Å². The largest absolute Gasteiger partial charge is 0.496 e. The molecule has 0 unspecified atom stereocenters. The van der Waals surface area contributed by atoms with Gasteiger partial charge in [-0.3, -0.25) is 4.79 Å². The van der Waals surface area contributed by atoms with Gasteiger partial charge < -0.3 is 9.64 Å². The highest BCUT2D eigenvalue weighted by Gasteiger charge is 2.34. The second-order valence-corrected chi connectivity index (χ2v) is 7.84. The first kappa shape index (κ1) is 16.6. The van der Waals surface area contributed by atoms with Gasteiger partial charge in [0.2, 0.25) is 0 Å². The molecule has 2 fully saturated rings. The van der Waals surface area contributed by atoms with Crippen LogP contribution in [0.5, 0.6) is 5.75 Å². The molecule has 2 atom stereocenters. The van der Waals surface area contributed by atoms with Gasteiger partial charge in [0, 0.05) is 30.0 Å². The topological polar surface area (TPSA) is 29.5 Å². The number of likely N-dealkylation sites (tertiary alicyclic amines) is 1. The van der Waals surface area contributed by atoms with E-state index in [1.807, 2.05) is 30.3 Å². The first-order valence-corrected chi connectivity index (χ1v) is 9.49. The van der Waals surface area contributed by atoms with Crippen molar-refractivity contribution in [1.82, 2.24) is 4.90 Å². The van der Waals surface area contributed by atoms with Crippen molar-refractivity contribution in [3.63, 3.8) is 0 Å². The molecule has 2 aromatic carbocycles. The van der Waals surface area contributed by atoms with E-state index < -0.39 is 0 Å². The van der Waals surface area contributed by atoms with Crippen molar-refractivity contribution in [2.75, 3.05) is 26.7 Å². The Morgan fingerprint density at radius 2 is 2.04 bits per heavy atom. The number of carbonyl (C=O) groups is 1. The Morgan fingerprint density at radius 1 is 1.20 bits per heavy atom. The molecule has 0 aromatic heterocycles. The third-order valence-corrected chi connectivity index (χ3v) is 5.94. The van der Waals surface area contributed by atoms with Gasteiger partial charge in [-0.05, 0) is 61.2 Å². The second kappa shape index (κ2) is 6.80. The summed E-state index contributed by atoms with van der Waals surface area (Å²) >= 11 is 0. The maximum atomic E-state index is 13.2. The summed E-state index contributed by atoms with van der Waals surface area (Å²) in [5, 5.41) is 2.14. The molecule has 0 spiro atoms. The molecule has 0 N–H and O–H groups in total. The molecule has 132 valence electrons. The van der Waals surface area contributed by atoms with Crippen LogP contribution in [-0.2, 0) is 0 Å². The summed E-state index contributed by atoms with van der Waals surface area (Å²) in [5.41, 5.74) is 0.839. The Kier molecular flexibility index (Phi) is 4.51. The van der Waals surface area contributed by atoms with Crippen molar-refractivity contribution in [3.05, 3.63) is 42.0 Å². The number of ether oxygens (including phenoxy) is 1. The fourth-order valence-electron chi connectivity index (χ4n) is 4.11. The number of nitrogens with zero attached hydrogens (tertiary/aromatic N) is 1. The maximum absolute atomic E-state index is 13.2. The fraction of sp³-hybridized carbons (Fsp3) is 0.500. The van der Waals surface area contributed by atoms with E-state index in [0.29, 0.717) is 11.7 Å². The van der Waals surface area contributed by atoms with Crippen molar-refractivity contribution in [2.45, 2.75) is 26.2 Å². The lowest BCUT2D eigenvalue weighted by atomic mass is 9.81. The number of carbonyl (C=O) groups excluding carboxylic acids is 1. The molecule has 1 saturated carbocycles. The maximum Gasteiger partial charge on any atom is 0.167 e. The Labute approximate surface area is 150 Å². The number of Topliss-reactive ketones (excluding diaryl/α,β-unsaturated/α-hetero) is 1. The number of hydrogen-bond donors (Lipinski definition) is 0. The van der Waals surface area contributed by atoms with Crippen LogP contribution in [0.2, 0.25) is 0 Å². The van der Waals surface area contributed by atoms with Gasteiger partial charge in [-0.15, -0.1) is 0 Å². The zero-order chi connectivity index (χ0) is 17.4. The van der Waals surface area contributed by atoms with Gasteiger partial charge in [0.15, 0.2) is 5.78 Å². The predicted octanol–water partition coefficient (Wildman–Crippen LogP) is 4.40. The molecular formula is C22H27NO2. The lowest BCUT2D eigenvalue weighted by molar-refractivity contribution is 0.0711. The van der Waals surface area contributed by atoms with E-state index in [9.17, 15) is 4.79 Å². The summed E-state index contributed by atoms with van der Waals surface area (Å²) in [6.07, 6.45) is 3.87. The van der Waals surface area contributed by atoms with E-state index in [0.717, 1.165) is 47.5 Å². The lowest BCUT2D eigenvalue weighted by Gasteiger charge is -2.36. The SMILES string of the molecule is COc1cccc2cc(C(=O)[C@H]3CN(CC4CC4)CC[C@H]3C)ccc12. The molecule has 3 heteroatoms. The number of fused-ring (bicyclic) bond motifs is 1. The predicted molar refractivity (Wildman–Crippen MR) is 101 cm³/mol. The van der Waals surface area contributed by atoms with Gasteiger partial charge in [-0.2, -0.15) is 0 Å². The summed E-state index contributed by atoms with van der Waals surface area (Å²) in [6, 6.07) is 12.0. The van der Waals surface area contributed by atoms with Crippen LogP contribution in [0.1, 0.15) is 36.5 Å². The highest BCUT2D eigenvalue weighted by molar-refractivity contribution is 6.02. The second-order valence-electron chi connectivity index (χ2n) is 7.84. The third-order valence-electron chi connectivity index (χ3n) is 5.94. The minimum absolute atomic E-state index is 0.121. The van der Waals surface area contributed by atoms with Gasteiger partial charge in [0.1, 0.15) is 5.75 Å². The molecule has 1 aliphatic carbocycles. The Hall–Kier alpha value is -1.87. The molecule has 2 aliphatic rings. The number of methoxy groups -OCH3 is 1. The van der Waals surface area contributed by atoms with Crippen molar-refractivity contribution < 1.29 is 9.53 Å². The first-order valence-electron chi connectivity index (χ1n) is 9.49. The van der Waals surface area contributed by atoms with Crippen LogP contribution >= 0.6 is 0 Å². The molecule has 1 saturated heterocycles. The van der Waals surface area contributed by atoms with E-state index in [2.05, 4.69) is 17.9 Å². The number of piperidine rings is 1. The van der Waals surface area contributed by atoms with E-state index in [4.69, 9.17) is 4.74 Å². The summed E-state index contributed by atoms with van der Waals surface area (Å²) in [7, 11) is 1.69. The number of benzene rings is 2. The number of hydrogen-bond acceptors (Lipinski definition) is 3. The molecule has 4 rings (SSSR count). The van der Waals surface area contributed by atoms with Crippen molar-refractivity contribution >= 4 is 16.6 Å². The zero-order valence-corrected chi connectivity index (χ0v) is 15.2. The molecule has 0 amide bonds. The van der Waals surface area contributed by atoms with E-state index >= 15 is 0 Å². The first-order chi connectivity index (χ1) is 12.2. The van der Waals surface area contributed by atoms with Crippen LogP contribution in [-0.4, -0.2) is 37.4 Å². The van der Waals surface area contributed by atoms with Gasteiger partial charge in [-0.1, -0.05) is 25.1 Å². The van der Waals surface area contributed by atoms with Crippen molar-refractivity contribution in [2.24, 2.45) is 17.8 Å². The fourth-order valence-corrected chi connectivity index (χ4v) is 4.11. The molecule has 1 aliphatic heterocycles. The highest BCUT2D eigenvalue weighted by atomic mass is 16.5. The molecule has 3 nitrogen and oxygen atoms in total. The van der Waals surface area contributed by atoms with Gasteiger partial charge in [0.25, 0.3) is 0 Å². The van der Waals surface area contributed by atoms with Crippen LogP contribution in [0, 0.1) is 17.8 Å². The molecule has 0 radical (unpaired) electrons. The number of rotatable bonds is 5. The minimum Gasteiger partial charge on any atom is -0.496 e. The summed E-state index contributed by atoms with van der Waals surface area (Å²) in [6.45, 7) is 5.50. The van der Waals surface area contributed by atoms with Gasteiger partial charge >= 0.3 is 0 Å². The third kappa shape index (κ3) is 3.43. The van der Waals surface area contributed by atoms with Crippen LogP contribution in [0.4, 0.5) is 0 Å². The summed E-state index contributed by atoms with van der Waals surface area (Å²) in [4.78, 5) is 15.7. The van der Waals surface area contributed by atoms with E-state index in [-0.39, 0.29) is 5.92 Å². The Balaban J connectivity index is 1.57. The van der Waals surface area contributed by atoms with Gasteiger partial charge in [0.05, 0.1) is 7.11 Å². The average molecular weight is 337 g/mol. The Morgan fingerprint density at radius 3 is 2.80 bits per heavy atom. The average Bonchev–Trinajstić information content (AvgIpc) is 3.45. The molecule has 0 bridgehead atoms. The summed E-state index contributed by atoms with van der Waals surface area (Å²) < 4.78 is 5.43. The van der Waals surface area contributed by atoms with Crippen LogP contribution < -0.4 is 4.74 Å².